The zero-order chi connectivity index (χ0) is 7.84. The zero-order valence-corrected chi connectivity index (χ0v) is 6.22. The molecule has 0 aromatic heterocycles. The van der Waals surface area contributed by atoms with Crippen LogP contribution in [0.4, 0.5) is 16.2 Å². The number of hydrogen-bond donors (Lipinski definition) is 1. The van der Waals surface area contributed by atoms with Crippen molar-refractivity contribution < 1.29 is 4.79 Å². The minimum Gasteiger partial charge on any atom is -0.304 e. The number of anilines is 1. The first-order valence-corrected chi connectivity index (χ1v) is 3.46. The summed E-state index contributed by atoms with van der Waals surface area (Å²) in [5, 5.41) is 6.72. The van der Waals surface area contributed by atoms with E-state index in [0.717, 1.165) is 0 Å². The second kappa shape index (κ2) is 2.13. The summed E-state index contributed by atoms with van der Waals surface area (Å²) in [6.45, 7) is 0. The van der Waals surface area contributed by atoms with Gasteiger partial charge in [0, 0.05) is 0 Å². The van der Waals surface area contributed by atoms with Crippen molar-refractivity contribution in [3.8, 4) is 0 Å². The Hall–Kier alpha value is -1.22. The van der Waals surface area contributed by atoms with Crippen LogP contribution in [-0.4, -0.2) is 6.03 Å². The van der Waals surface area contributed by atoms with Crippen LogP contribution in [0.2, 0.25) is 5.02 Å². The predicted molar refractivity (Wildman–Crippen MR) is 42.3 cm³/mol. The Morgan fingerprint density at radius 1 is 1.45 bits per heavy atom. The summed E-state index contributed by atoms with van der Waals surface area (Å²) in [4.78, 5) is 10.7. The monoisotopic (exact) mass is 167 g/mol. The van der Waals surface area contributed by atoms with Gasteiger partial charge >= 0.3 is 6.03 Å². The van der Waals surface area contributed by atoms with Crippen molar-refractivity contribution in [1.82, 2.24) is 5.32 Å². The summed E-state index contributed by atoms with van der Waals surface area (Å²) in [6, 6.07) is 4.87. The number of urea groups is 1. The molecule has 1 heterocycles. The number of rotatable bonds is 0. The van der Waals surface area contributed by atoms with E-state index in [0.29, 0.717) is 16.4 Å². The number of fused-ring (bicyclic) bond motifs is 1. The van der Waals surface area contributed by atoms with E-state index in [1.807, 2.05) is 0 Å². The number of nitrogens with one attached hydrogen (secondary N) is 1. The molecule has 1 aliphatic rings. The largest absolute Gasteiger partial charge is 0.346 e. The van der Waals surface area contributed by atoms with Crippen LogP contribution in [-0.2, 0) is 0 Å². The lowest BCUT2D eigenvalue weighted by molar-refractivity contribution is 0.256. The molecule has 1 radical (unpaired) electrons. The van der Waals surface area contributed by atoms with Crippen LogP contribution in [0.3, 0.4) is 0 Å². The van der Waals surface area contributed by atoms with Gasteiger partial charge in [-0.2, -0.15) is 5.32 Å². The van der Waals surface area contributed by atoms with E-state index in [1.54, 1.807) is 18.2 Å². The van der Waals surface area contributed by atoms with E-state index < -0.39 is 0 Å². The minimum absolute atomic E-state index is 0.354. The lowest BCUT2D eigenvalue weighted by Gasteiger charge is -1.95. The van der Waals surface area contributed by atoms with E-state index in [9.17, 15) is 4.79 Å². The lowest BCUT2D eigenvalue weighted by atomic mass is 10.3. The molecule has 0 unspecified atom stereocenters. The topological polar surface area (TPSA) is 43.2 Å². The molecule has 2 rings (SSSR count). The van der Waals surface area contributed by atoms with Crippen molar-refractivity contribution >= 4 is 29.0 Å². The molecule has 3 nitrogen and oxygen atoms in total. The van der Waals surface area contributed by atoms with Crippen LogP contribution >= 0.6 is 11.6 Å². The molecule has 0 atom stereocenters. The molecule has 1 aliphatic heterocycles. The van der Waals surface area contributed by atoms with Crippen molar-refractivity contribution in [1.29, 1.82) is 0 Å². The number of hydrogen-bond acceptors (Lipinski definition) is 1. The van der Waals surface area contributed by atoms with Crippen LogP contribution in [0.1, 0.15) is 0 Å². The second-order valence-corrected chi connectivity index (χ2v) is 2.59. The Morgan fingerprint density at radius 2 is 2.27 bits per heavy atom. The third-order valence-electron chi connectivity index (χ3n) is 1.44. The quantitative estimate of drug-likeness (QED) is 0.632. The Labute approximate surface area is 68.4 Å². The molecule has 0 aliphatic carbocycles. The number of carbonyl (C=O) groups excluding carboxylic acids is 1. The third-order valence-corrected chi connectivity index (χ3v) is 1.75. The molecule has 2 amide bonds. The summed E-state index contributed by atoms with van der Waals surface area (Å²) in [5.74, 6) is 0. The molecule has 0 saturated heterocycles. The van der Waals surface area contributed by atoms with Gasteiger partial charge in [-0.1, -0.05) is 17.7 Å². The van der Waals surface area contributed by atoms with Crippen LogP contribution in [0, 0.1) is 0 Å². The van der Waals surface area contributed by atoms with Crippen molar-refractivity contribution in [2.45, 2.75) is 0 Å². The first-order chi connectivity index (χ1) is 5.27. The second-order valence-electron chi connectivity index (χ2n) is 2.18. The zero-order valence-electron chi connectivity index (χ0n) is 5.47. The Kier molecular flexibility index (Phi) is 1.26. The molecule has 11 heavy (non-hydrogen) atoms. The molecule has 0 spiro atoms. The average molecular weight is 168 g/mol. The number of benzene rings is 1. The third kappa shape index (κ3) is 0.935. The van der Waals surface area contributed by atoms with Gasteiger partial charge in [-0.05, 0) is 12.1 Å². The van der Waals surface area contributed by atoms with Crippen molar-refractivity contribution in [3.63, 3.8) is 0 Å². The van der Waals surface area contributed by atoms with Crippen molar-refractivity contribution in [2.75, 3.05) is 5.32 Å². The average Bonchev–Trinajstić information content (AvgIpc) is 2.31. The molecule has 1 N–H and O–H groups in total. The molecular formula is C7H4ClN2O. The van der Waals surface area contributed by atoms with Gasteiger partial charge in [0.2, 0.25) is 0 Å². The highest BCUT2D eigenvalue weighted by molar-refractivity contribution is 6.34. The van der Waals surface area contributed by atoms with Crippen LogP contribution in [0.5, 0.6) is 0 Å². The maximum Gasteiger partial charge on any atom is 0.346 e. The fraction of sp³-hybridized carbons (Fsp3) is 0. The fourth-order valence-corrected chi connectivity index (χ4v) is 1.19. The highest BCUT2D eigenvalue weighted by atomic mass is 35.5. The number of amides is 2. The smallest absolute Gasteiger partial charge is 0.304 e. The minimum atomic E-state index is -0.354. The van der Waals surface area contributed by atoms with Crippen LogP contribution in [0.15, 0.2) is 18.2 Å². The Balaban J connectivity index is 2.57. The maximum atomic E-state index is 10.7. The lowest BCUT2D eigenvalue weighted by Crippen LogP contribution is -2.08. The van der Waals surface area contributed by atoms with E-state index in [1.165, 1.54) is 0 Å². The van der Waals surface area contributed by atoms with E-state index >= 15 is 0 Å². The molecule has 0 saturated carbocycles. The molecule has 1 aromatic carbocycles. The number of halogens is 1. The molecule has 0 bridgehead atoms. The van der Waals surface area contributed by atoms with E-state index in [2.05, 4.69) is 10.6 Å². The molecular weight excluding hydrogens is 164 g/mol. The summed E-state index contributed by atoms with van der Waals surface area (Å²) in [6.07, 6.45) is 0. The van der Waals surface area contributed by atoms with Gasteiger partial charge in [0.25, 0.3) is 0 Å². The first-order valence-electron chi connectivity index (χ1n) is 3.08. The molecule has 0 fully saturated rings. The highest BCUT2D eigenvalue weighted by Gasteiger charge is 2.20. The van der Waals surface area contributed by atoms with E-state index in [-0.39, 0.29) is 6.03 Å². The van der Waals surface area contributed by atoms with Gasteiger partial charge in [0.05, 0.1) is 10.7 Å². The number of para-hydroxylation sites is 1. The van der Waals surface area contributed by atoms with Crippen LogP contribution in [0.25, 0.3) is 0 Å². The molecule has 55 valence electrons. The first kappa shape index (κ1) is 6.49. The predicted octanol–water partition coefficient (Wildman–Crippen LogP) is 2.12. The summed E-state index contributed by atoms with van der Waals surface area (Å²) < 4.78 is 0. The van der Waals surface area contributed by atoms with Gasteiger partial charge in [-0.25, -0.2) is 4.79 Å². The maximum absolute atomic E-state index is 10.7. The van der Waals surface area contributed by atoms with Gasteiger partial charge in [0.1, 0.15) is 5.69 Å². The summed E-state index contributed by atoms with van der Waals surface area (Å²) in [7, 11) is 0. The van der Waals surface area contributed by atoms with Gasteiger partial charge in [0.15, 0.2) is 0 Å². The van der Waals surface area contributed by atoms with Gasteiger partial charge in [-0.3, -0.25) is 0 Å². The van der Waals surface area contributed by atoms with Crippen LogP contribution < -0.4 is 10.6 Å². The summed E-state index contributed by atoms with van der Waals surface area (Å²) in [5.41, 5.74) is 1.22. The molecule has 4 heteroatoms. The van der Waals surface area contributed by atoms with E-state index in [4.69, 9.17) is 11.6 Å². The Bertz CT molecular complexity index is 324. The normalized spacial score (nSPS) is 13.7. The van der Waals surface area contributed by atoms with Crippen molar-refractivity contribution in [3.05, 3.63) is 23.2 Å². The summed E-state index contributed by atoms with van der Waals surface area (Å²) >= 11 is 5.75. The number of carbonyl (C=O) groups is 1. The van der Waals surface area contributed by atoms with Gasteiger partial charge in [-0.15, -0.1) is 0 Å². The Morgan fingerprint density at radius 3 is 3.00 bits per heavy atom. The van der Waals surface area contributed by atoms with Gasteiger partial charge < -0.3 is 5.32 Å². The SMILES string of the molecule is O=C1[N]c2c(Cl)cccc2N1. The molecule has 1 aromatic rings. The van der Waals surface area contributed by atoms with Crippen molar-refractivity contribution in [2.24, 2.45) is 0 Å². The standard InChI is InChI=1S/C7H4ClN2O/c8-4-2-1-3-5-6(4)10-7(11)9-5/h1-3H,(H,9,11). The fourth-order valence-electron chi connectivity index (χ4n) is 0.975. The highest BCUT2D eigenvalue weighted by Crippen LogP contribution is 2.33. The number of nitrogens with zero attached hydrogens (tertiary/aromatic N) is 1.